The molecule has 10 heteroatoms. The van der Waals surface area contributed by atoms with E-state index in [1.165, 1.54) is 19.3 Å². The molecule has 3 aliphatic rings. The van der Waals surface area contributed by atoms with Crippen LogP contribution >= 0.6 is 0 Å². The van der Waals surface area contributed by atoms with Crippen LogP contribution in [0, 0.1) is 17.8 Å². The van der Waals surface area contributed by atoms with Gasteiger partial charge in [-0.05, 0) is 59.3 Å². The molecule has 2 aliphatic heterocycles. The third-order valence-corrected chi connectivity index (χ3v) is 10.1. The number of amides is 2. The first-order valence-corrected chi connectivity index (χ1v) is 16.8. The second-order valence-electron chi connectivity index (χ2n) is 13.6. The van der Waals surface area contributed by atoms with Gasteiger partial charge in [0.2, 0.25) is 5.91 Å². The first-order chi connectivity index (χ1) is 18.1. The number of nitrogens with one attached hydrogen (secondary N) is 1. The Morgan fingerprint density at radius 3 is 2.26 bits per heavy atom. The van der Waals surface area contributed by atoms with Gasteiger partial charge in [-0.25, -0.2) is 13.2 Å². The van der Waals surface area contributed by atoms with E-state index in [1.54, 1.807) is 4.90 Å². The van der Waals surface area contributed by atoms with Crippen molar-refractivity contribution in [2.75, 3.05) is 37.7 Å². The predicted molar refractivity (Wildman–Crippen MR) is 153 cm³/mol. The van der Waals surface area contributed by atoms with Gasteiger partial charge >= 0.3 is 6.09 Å². The SMILES string of the molecule is CC(C)[C@H](CC1OC(C)(C)N(C(=O)OC(C)(C)C)[C@H]1CC1CCCCC1)C(=O)NCCN1CCS(=O)(=O)CC1. The summed E-state index contributed by atoms with van der Waals surface area (Å²) < 4.78 is 35.8. The Labute approximate surface area is 236 Å². The van der Waals surface area contributed by atoms with Crippen LogP contribution in [0.2, 0.25) is 0 Å². The maximum absolute atomic E-state index is 13.5. The molecule has 9 nitrogen and oxygen atoms in total. The summed E-state index contributed by atoms with van der Waals surface area (Å²) in [6.07, 6.45) is 6.81. The summed E-state index contributed by atoms with van der Waals surface area (Å²) in [5.41, 5.74) is -1.45. The molecule has 1 N–H and O–H groups in total. The summed E-state index contributed by atoms with van der Waals surface area (Å²) in [5.74, 6) is 0.723. The molecular weight excluding hydrogens is 518 g/mol. The molecule has 3 fully saturated rings. The van der Waals surface area contributed by atoms with Gasteiger partial charge in [-0.1, -0.05) is 46.0 Å². The van der Waals surface area contributed by atoms with Gasteiger partial charge < -0.3 is 14.8 Å². The van der Waals surface area contributed by atoms with Crippen molar-refractivity contribution in [1.29, 1.82) is 0 Å². The third kappa shape index (κ3) is 9.32. The Bertz CT molecular complexity index is 925. The monoisotopic (exact) mass is 571 g/mol. The molecule has 0 spiro atoms. The van der Waals surface area contributed by atoms with Crippen LogP contribution in [0.3, 0.4) is 0 Å². The van der Waals surface area contributed by atoms with Crippen molar-refractivity contribution < 1.29 is 27.5 Å². The van der Waals surface area contributed by atoms with E-state index in [0.717, 1.165) is 19.3 Å². The molecule has 0 aromatic rings. The average molecular weight is 572 g/mol. The Morgan fingerprint density at radius 1 is 1.08 bits per heavy atom. The molecule has 1 aliphatic carbocycles. The van der Waals surface area contributed by atoms with Crippen molar-refractivity contribution in [2.45, 2.75) is 117 Å². The molecule has 2 saturated heterocycles. The molecule has 39 heavy (non-hydrogen) atoms. The largest absolute Gasteiger partial charge is 0.444 e. The van der Waals surface area contributed by atoms with Crippen LogP contribution in [-0.4, -0.2) is 91.4 Å². The summed E-state index contributed by atoms with van der Waals surface area (Å²) in [6.45, 7) is 15.7. The van der Waals surface area contributed by atoms with Crippen LogP contribution in [-0.2, 0) is 24.1 Å². The van der Waals surface area contributed by atoms with Crippen LogP contribution in [0.5, 0.6) is 0 Å². The minimum Gasteiger partial charge on any atom is -0.444 e. The predicted octanol–water partition coefficient (Wildman–Crippen LogP) is 4.21. The number of sulfone groups is 1. The van der Waals surface area contributed by atoms with E-state index in [0.29, 0.717) is 38.5 Å². The minimum atomic E-state index is -2.92. The zero-order valence-corrected chi connectivity index (χ0v) is 26.1. The van der Waals surface area contributed by atoms with Crippen LogP contribution in [0.15, 0.2) is 0 Å². The molecular formula is C29H53N3O6S. The summed E-state index contributed by atoms with van der Waals surface area (Å²) in [4.78, 5) is 30.7. The topological polar surface area (TPSA) is 105 Å². The summed E-state index contributed by atoms with van der Waals surface area (Å²) in [6, 6.07) is -0.151. The normalized spacial score (nSPS) is 26.9. The van der Waals surface area contributed by atoms with Gasteiger partial charge in [0.25, 0.3) is 0 Å². The fourth-order valence-corrected chi connectivity index (χ4v) is 7.62. The van der Waals surface area contributed by atoms with E-state index < -0.39 is 21.2 Å². The Hall–Kier alpha value is -1.39. The van der Waals surface area contributed by atoms with E-state index >= 15 is 0 Å². The van der Waals surface area contributed by atoms with E-state index in [4.69, 9.17) is 9.47 Å². The molecule has 226 valence electrons. The summed E-state index contributed by atoms with van der Waals surface area (Å²) >= 11 is 0. The molecule has 3 rings (SSSR count). The maximum Gasteiger partial charge on any atom is 0.412 e. The Morgan fingerprint density at radius 2 is 1.69 bits per heavy atom. The van der Waals surface area contributed by atoms with E-state index in [2.05, 4.69) is 24.1 Å². The van der Waals surface area contributed by atoms with Crippen LogP contribution in [0.4, 0.5) is 4.79 Å². The van der Waals surface area contributed by atoms with Gasteiger partial charge in [0.05, 0.1) is 23.7 Å². The second kappa shape index (κ2) is 13.1. The fraction of sp³-hybridized carbons (Fsp3) is 0.931. The number of carbonyl (C=O) groups is 2. The average Bonchev–Trinajstić information content (AvgIpc) is 3.06. The summed E-state index contributed by atoms with van der Waals surface area (Å²) in [7, 11) is -2.92. The zero-order chi connectivity index (χ0) is 29.0. The van der Waals surface area contributed by atoms with Crippen molar-refractivity contribution in [1.82, 2.24) is 15.1 Å². The van der Waals surface area contributed by atoms with Crippen molar-refractivity contribution in [3.8, 4) is 0 Å². The highest BCUT2D eigenvalue weighted by atomic mass is 32.2. The lowest BCUT2D eigenvalue weighted by atomic mass is 9.81. The summed E-state index contributed by atoms with van der Waals surface area (Å²) in [5, 5.41) is 3.10. The molecule has 0 radical (unpaired) electrons. The van der Waals surface area contributed by atoms with Gasteiger partial charge in [-0.2, -0.15) is 0 Å². The lowest BCUT2D eigenvalue weighted by Crippen LogP contribution is -2.51. The first kappa shape index (κ1) is 32.1. The minimum absolute atomic E-state index is 0.0110. The highest BCUT2D eigenvalue weighted by Gasteiger charge is 2.52. The van der Waals surface area contributed by atoms with Gasteiger partial charge in [-0.3, -0.25) is 14.6 Å². The molecule has 1 unspecified atom stereocenters. The van der Waals surface area contributed by atoms with Crippen molar-refractivity contribution in [2.24, 2.45) is 17.8 Å². The molecule has 1 saturated carbocycles. The van der Waals surface area contributed by atoms with Gasteiger partial charge in [0.1, 0.15) is 11.3 Å². The number of nitrogens with zero attached hydrogens (tertiary/aromatic N) is 2. The van der Waals surface area contributed by atoms with Gasteiger partial charge in [0, 0.05) is 32.1 Å². The second-order valence-corrected chi connectivity index (χ2v) is 15.9. The molecule has 2 amide bonds. The van der Waals surface area contributed by atoms with Crippen LogP contribution in [0.1, 0.15) is 93.4 Å². The molecule has 3 atom stereocenters. The molecule has 0 aromatic carbocycles. The van der Waals surface area contributed by atoms with Crippen molar-refractivity contribution in [3.05, 3.63) is 0 Å². The van der Waals surface area contributed by atoms with E-state index in [1.807, 2.05) is 34.6 Å². The highest BCUT2D eigenvalue weighted by Crippen LogP contribution is 2.41. The Balaban J connectivity index is 1.70. The van der Waals surface area contributed by atoms with Crippen molar-refractivity contribution in [3.63, 3.8) is 0 Å². The molecule has 0 aromatic heterocycles. The van der Waals surface area contributed by atoms with Gasteiger partial charge in [0.15, 0.2) is 9.84 Å². The lowest BCUT2D eigenvalue weighted by Gasteiger charge is -2.37. The third-order valence-electron chi connectivity index (χ3n) is 8.46. The van der Waals surface area contributed by atoms with Crippen LogP contribution in [0.25, 0.3) is 0 Å². The van der Waals surface area contributed by atoms with Crippen molar-refractivity contribution >= 4 is 21.8 Å². The number of hydrogen-bond acceptors (Lipinski definition) is 7. The van der Waals surface area contributed by atoms with Gasteiger partial charge in [-0.15, -0.1) is 0 Å². The quantitative estimate of drug-likeness (QED) is 0.442. The number of ether oxygens (including phenoxy) is 2. The zero-order valence-electron chi connectivity index (χ0n) is 25.3. The van der Waals surface area contributed by atoms with E-state index in [-0.39, 0.29) is 47.5 Å². The molecule has 2 heterocycles. The standard InChI is InChI=1S/C29H53N3O6S/c1-21(2)23(26(33)30-13-14-31-15-17-39(35,36)18-16-31)20-25-24(19-22-11-9-8-10-12-22)32(29(6,7)37-25)27(34)38-28(3,4)5/h21-25H,8-20H2,1-7H3,(H,30,33)/t23-,24-,25?/m0/s1. The fourth-order valence-electron chi connectivity index (χ4n) is 6.34. The number of carbonyl (C=O) groups excluding carboxylic acids is 2. The lowest BCUT2D eigenvalue weighted by molar-refractivity contribution is -0.129. The number of hydrogen-bond donors (Lipinski definition) is 1. The maximum atomic E-state index is 13.5. The Kier molecular flexibility index (Phi) is 10.8. The van der Waals surface area contributed by atoms with Crippen LogP contribution < -0.4 is 5.32 Å². The first-order valence-electron chi connectivity index (χ1n) is 15.0. The smallest absolute Gasteiger partial charge is 0.412 e. The highest BCUT2D eigenvalue weighted by molar-refractivity contribution is 7.91. The molecule has 0 bridgehead atoms. The van der Waals surface area contributed by atoms with E-state index in [9.17, 15) is 18.0 Å². The number of rotatable bonds is 9.